The third-order valence-electron chi connectivity index (χ3n) is 5.57. The molecule has 2 aliphatic heterocycles. The van der Waals surface area contributed by atoms with E-state index in [4.69, 9.17) is 4.74 Å². The summed E-state index contributed by atoms with van der Waals surface area (Å²) in [5.41, 5.74) is 0.560. The van der Waals surface area contributed by atoms with E-state index < -0.39 is 0 Å². The van der Waals surface area contributed by atoms with Gasteiger partial charge in [0.2, 0.25) is 0 Å². The first kappa shape index (κ1) is 16.0. The van der Waals surface area contributed by atoms with Crippen molar-refractivity contribution >= 4 is 5.91 Å². The molecule has 0 radical (unpaired) electrons. The number of carbonyl (C=O) groups is 1. The Bertz CT molecular complexity index is 598. The third kappa shape index (κ3) is 3.17. The predicted molar refractivity (Wildman–Crippen MR) is 89.9 cm³/mol. The summed E-state index contributed by atoms with van der Waals surface area (Å²) in [6, 6.07) is 2.21. The average Bonchev–Trinajstić information content (AvgIpc) is 3.41. The lowest BCUT2D eigenvalue weighted by Crippen LogP contribution is -2.47. The number of ether oxygens (including phenoxy) is 1. The van der Waals surface area contributed by atoms with E-state index in [-0.39, 0.29) is 5.91 Å². The van der Waals surface area contributed by atoms with Crippen molar-refractivity contribution in [3.63, 3.8) is 0 Å². The summed E-state index contributed by atoms with van der Waals surface area (Å²) in [7, 11) is 0. The second-order valence-corrected chi connectivity index (χ2v) is 7.17. The van der Waals surface area contributed by atoms with E-state index in [0.717, 1.165) is 64.5 Å². The van der Waals surface area contributed by atoms with Crippen molar-refractivity contribution in [2.75, 3.05) is 39.4 Å². The van der Waals surface area contributed by atoms with Gasteiger partial charge < -0.3 is 9.64 Å². The first-order valence-electron chi connectivity index (χ1n) is 9.20. The zero-order valence-electron chi connectivity index (χ0n) is 14.4. The van der Waals surface area contributed by atoms with E-state index in [9.17, 15) is 4.79 Å². The van der Waals surface area contributed by atoms with Gasteiger partial charge in [-0.3, -0.25) is 9.69 Å². The number of morpholine rings is 1. The number of amides is 1. The number of hydrogen-bond donors (Lipinski definition) is 0. The minimum atomic E-state index is 0.0634. The summed E-state index contributed by atoms with van der Waals surface area (Å²) < 4.78 is 5.47. The third-order valence-corrected chi connectivity index (χ3v) is 5.57. The van der Waals surface area contributed by atoms with Crippen LogP contribution in [0.5, 0.6) is 0 Å². The van der Waals surface area contributed by atoms with Crippen molar-refractivity contribution < 1.29 is 9.53 Å². The van der Waals surface area contributed by atoms with Crippen molar-refractivity contribution in [2.24, 2.45) is 5.92 Å². The van der Waals surface area contributed by atoms with Crippen LogP contribution in [0.4, 0.5) is 0 Å². The molecule has 24 heavy (non-hydrogen) atoms. The molecule has 3 heterocycles. The normalized spacial score (nSPS) is 28.3. The number of rotatable bonds is 4. The molecule has 2 saturated heterocycles. The van der Waals surface area contributed by atoms with Gasteiger partial charge in [-0.2, -0.15) is 0 Å². The Morgan fingerprint density at radius 3 is 2.79 bits per heavy atom. The Labute approximate surface area is 143 Å². The average molecular weight is 330 g/mol. The number of likely N-dealkylation sites (tertiary alicyclic amines) is 1. The minimum Gasteiger partial charge on any atom is -0.379 e. The zero-order valence-corrected chi connectivity index (χ0v) is 14.4. The molecule has 0 bridgehead atoms. The molecule has 6 heteroatoms. The highest BCUT2D eigenvalue weighted by atomic mass is 16.5. The van der Waals surface area contributed by atoms with Crippen LogP contribution >= 0.6 is 0 Å². The van der Waals surface area contributed by atoms with Crippen LogP contribution < -0.4 is 0 Å². The zero-order chi connectivity index (χ0) is 16.5. The monoisotopic (exact) mass is 330 g/mol. The highest BCUT2D eigenvalue weighted by Crippen LogP contribution is 2.37. The Morgan fingerprint density at radius 1 is 1.29 bits per heavy atom. The largest absolute Gasteiger partial charge is 0.379 e. The quantitative estimate of drug-likeness (QED) is 0.838. The van der Waals surface area contributed by atoms with Gasteiger partial charge in [0.25, 0.3) is 5.91 Å². The van der Waals surface area contributed by atoms with Crippen molar-refractivity contribution in [2.45, 2.75) is 38.1 Å². The van der Waals surface area contributed by atoms with Gasteiger partial charge in [-0.15, -0.1) is 0 Å². The lowest BCUT2D eigenvalue weighted by molar-refractivity contribution is 0.0102. The van der Waals surface area contributed by atoms with Crippen LogP contribution in [0.25, 0.3) is 0 Å². The molecule has 2 atom stereocenters. The number of nitrogens with zero attached hydrogens (tertiary/aromatic N) is 4. The topological polar surface area (TPSA) is 58.6 Å². The van der Waals surface area contributed by atoms with E-state index >= 15 is 0 Å². The number of aromatic nitrogens is 2. The standard InChI is InChI=1S/C18H26N4O2/c1-2-13-11-22(12-16(13)21-7-9-24-10-8-21)18(23)15-5-6-19-17(20-15)14-3-4-14/h5-6,13-14,16H,2-4,7-12H2,1H3/t13-,16+/m0/s1. The summed E-state index contributed by atoms with van der Waals surface area (Å²) in [5, 5.41) is 0. The molecule has 0 aromatic carbocycles. The molecule has 1 aromatic heterocycles. The van der Waals surface area contributed by atoms with Gasteiger partial charge in [-0.1, -0.05) is 13.3 Å². The fourth-order valence-corrected chi connectivity index (χ4v) is 3.94. The SMILES string of the molecule is CC[C@H]1CN(C(=O)c2ccnc(C3CC3)n2)C[C@H]1N1CCOCC1. The van der Waals surface area contributed by atoms with E-state index in [2.05, 4.69) is 21.8 Å². The van der Waals surface area contributed by atoms with Crippen LogP contribution in [-0.4, -0.2) is 71.1 Å². The fourth-order valence-electron chi connectivity index (χ4n) is 3.94. The Balaban J connectivity index is 1.47. The summed E-state index contributed by atoms with van der Waals surface area (Å²) in [4.78, 5) is 26.3. The van der Waals surface area contributed by atoms with Gasteiger partial charge in [-0.25, -0.2) is 9.97 Å². The molecule has 1 aliphatic carbocycles. The fraction of sp³-hybridized carbons (Fsp3) is 0.722. The first-order valence-corrected chi connectivity index (χ1v) is 9.20. The van der Waals surface area contributed by atoms with E-state index in [0.29, 0.717) is 23.6 Å². The first-order chi connectivity index (χ1) is 11.8. The molecule has 4 rings (SSSR count). The molecule has 6 nitrogen and oxygen atoms in total. The number of carbonyl (C=O) groups excluding carboxylic acids is 1. The smallest absolute Gasteiger partial charge is 0.272 e. The van der Waals surface area contributed by atoms with Crippen molar-refractivity contribution in [3.05, 3.63) is 23.8 Å². The second kappa shape index (κ2) is 6.76. The molecule has 3 aliphatic rings. The van der Waals surface area contributed by atoms with Crippen molar-refractivity contribution in [1.29, 1.82) is 0 Å². The summed E-state index contributed by atoms with van der Waals surface area (Å²) in [6.07, 6.45) is 5.14. The van der Waals surface area contributed by atoms with Crippen LogP contribution in [0.3, 0.4) is 0 Å². The Morgan fingerprint density at radius 2 is 2.08 bits per heavy atom. The maximum Gasteiger partial charge on any atom is 0.272 e. The molecule has 1 amide bonds. The molecule has 0 spiro atoms. The van der Waals surface area contributed by atoms with E-state index in [1.54, 1.807) is 12.3 Å². The summed E-state index contributed by atoms with van der Waals surface area (Å²) in [6.45, 7) is 7.42. The molecule has 1 aromatic rings. The van der Waals surface area contributed by atoms with Crippen LogP contribution in [0.2, 0.25) is 0 Å². The molecular formula is C18H26N4O2. The summed E-state index contributed by atoms with van der Waals surface area (Å²) >= 11 is 0. The lowest BCUT2D eigenvalue weighted by atomic mass is 9.99. The van der Waals surface area contributed by atoms with Crippen molar-refractivity contribution in [1.82, 2.24) is 19.8 Å². The molecule has 130 valence electrons. The molecule has 0 unspecified atom stereocenters. The predicted octanol–water partition coefficient (Wildman–Crippen LogP) is 1.54. The molecular weight excluding hydrogens is 304 g/mol. The van der Waals surface area contributed by atoms with Gasteiger partial charge >= 0.3 is 0 Å². The van der Waals surface area contributed by atoms with Gasteiger partial charge in [0, 0.05) is 44.3 Å². The van der Waals surface area contributed by atoms with Crippen LogP contribution in [0.15, 0.2) is 12.3 Å². The van der Waals surface area contributed by atoms with E-state index in [1.807, 2.05) is 4.90 Å². The van der Waals surface area contributed by atoms with Crippen LogP contribution in [0, 0.1) is 5.92 Å². The molecule has 3 fully saturated rings. The minimum absolute atomic E-state index is 0.0634. The highest BCUT2D eigenvalue weighted by Gasteiger charge is 2.38. The van der Waals surface area contributed by atoms with Gasteiger partial charge in [0.1, 0.15) is 11.5 Å². The lowest BCUT2D eigenvalue weighted by Gasteiger charge is -2.34. The maximum atomic E-state index is 12.9. The van der Waals surface area contributed by atoms with Gasteiger partial charge in [0.05, 0.1) is 13.2 Å². The molecule has 0 N–H and O–H groups in total. The maximum absolute atomic E-state index is 12.9. The summed E-state index contributed by atoms with van der Waals surface area (Å²) in [5.74, 6) is 1.92. The van der Waals surface area contributed by atoms with Gasteiger partial charge in [-0.05, 0) is 24.8 Å². The van der Waals surface area contributed by atoms with Crippen molar-refractivity contribution in [3.8, 4) is 0 Å². The van der Waals surface area contributed by atoms with Gasteiger partial charge in [0.15, 0.2) is 0 Å². The molecule has 1 saturated carbocycles. The Hall–Kier alpha value is -1.53. The van der Waals surface area contributed by atoms with Crippen LogP contribution in [0.1, 0.15) is 48.4 Å². The highest BCUT2D eigenvalue weighted by molar-refractivity contribution is 5.92. The number of hydrogen-bond acceptors (Lipinski definition) is 5. The Kier molecular flexibility index (Phi) is 4.50. The van der Waals surface area contributed by atoms with E-state index in [1.165, 1.54) is 0 Å². The van der Waals surface area contributed by atoms with Crippen LogP contribution in [-0.2, 0) is 4.74 Å². The second-order valence-electron chi connectivity index (χ2n) is 7.17.